The molecule has 0 saturated heterocycles. The number of aliphatic hydroxyl groups is 1. The quantitative estimate of drug-likeness (QED) is 0.522. The number of halogens is 1. The summed E-state index contributed by atoms with van der Waals surface area (Å²) >= 11 is 0. The molecule has 2 aromatic carbocycles. The molecule has 5 nitrogen and oxygen atoms in total. The minimum absolute atomic E-state index is 0.199. The molecule has 1 N–H and O–H groups in total. The zero-order valence-corrected chi connectivity index (χ0v) is 20.0. The average molecular weight is 451 g/mol. The van der Waals surface area contributed by atoms with E-state index in [1.54, 1.807) is 0 Å². The Morgan fingerprint density at radius 2 is 1.85 bits per heavy atom. The molecule has 0 spiro atoms. The number of fused-ring (bicyclic) bond motifs is 1. The van der Waals surface area contributed by atoms with Crippen molar-refractivity contribution in [3.05, 3.63) is 82.4 Å². The van der Waals surface area contributed by atoms with Crippen molar-refractivity contribution in [2.45, 2.75) is 58.8 Å². The van der Waals surface area contributed by atoms with Crippen molar-refractivity contribution in [2.75, 3.05) is 20.1 Å². The predicted molar refractivity (Wildman–Crippen MR) is 130 cm³/mol. The first-order valence-corrected chi connectivity index (χ1v) is 11.9. The second-order valence-corrected chi connectivity index (χ2v) is 9.35. The van der Waals surface area contributed by atoms with Gasteiger partial charge in [-0.1, -0.05) is 43.2 Å². The Balaban J connectivity index is 1.59. The maximum absolute atomic E-state index is 13.3. The first-order valence-electron chi connectivity index (χ1n) is 11.9. The maximum atomic E-state index is 13.3. The minimum Gasteiger partial charge on any atom is -0.392 e. The van der Waals surface area contributed by atoms with Gasteiger partial charge in [0.1, 0.15) is 5.82 Å². The van der Waals surface area contributed by atoms with Gasteiger partial charge in [0, 0.05) is 44.7 Å². The lowest BCUT2D eigenvalue weighted by Gasteiger charge is -2.28. The first kappa shape index (κ1) is 23.6. The maximum Gasteiger partial charge on any atom is 0.123 e. The Kier molecular flexibility index (Phi) is 7.58. The third kappa shape index (κ3) is 5.88. The number of rotatable bonds is 9. The fraction of sp³-hybridized carbons (Fsp3) is 0.444. The number of benzene rings is 2. The van der Waals surface area contributed by atoms with Crippen molar-refractivity contribution < 1.29 is 9.50 Å². The Hall–Kier alpha value is -2.54. The van der Waals surface area contributed by atoms with Gasteiger partial charge in [-0.3, -0.25) is 9.80 Å². The minimum atomic E-state index is -0.315. The van der Waals surface area contributed by atoms with Crippen molar-refractivity contribution in [1.29, 1.82) is 0 Å². The van der Waals surface area contributed by atoms with Gasteiger partial charge in [0.15, 0.2) is 0 Å². The van der Waals surface area contributed by atoms with Gasteiger partial charge in [-0.05, 0) is 50.2 Å². The van der Waals surface area contributed by atoms with Gasteiger partial charge >= 0.3 is 0 Å². The molecule has 1 aliphatic rings. The van der Waals surface area contributed by atoms with Crippen LogP contribution in [0.2, 0.25) is 0 Å². The highest BCUT2D eigenvalue weighted by atomic mass is 19.1. The molecule has 4 rings (SSSR count). The standard InChI is InChI=1S/C27H35FN4O/c1-4-5-24(33)17-30(3)19-26-25-18-31(16-21-8-10-22(28)11-9-21)15-14-27(25)32(29-26)23-12-6-20(2)7-13-23/h6-13,24,33H,4-5,14-19H2,1-3H3/t24-/m1/s1. The molecule has 0 saturated carbocycles. The summed E-state index contributed by atoms with van der Waals surface area (Å²) < 4.78 is 15.4. The molecule has 1 atom stereocenters. The number of aliphatic hydroxyl groups excluding tert-OH is 1. The van der Waals surface area contributed by atoms with Crippen LogP contribution in [0.25, 0.3) is 5.69 Å². The monoisotopic (exact) mass is 450 g/mol. The van der Waals surface area contributed by atoms with Gasteiger partial charge in [0.2, 0.25) is 0 Å². The molecule has 2 heterocycles. The molecule has 0 fully saturated rings. The van der Waals surface area contributed by atoms with E-state index in [0.717, 1.165) is 55.8 Å². The van der Waals surface area contributed by atoms with Crippen LogP contribution in [0.4, 0.5) is 4.39 Å². The number of hydrogen-bond acceptors (Lipinski definition) is 4. The summed E-state index contributed by atoms with van der Waals surface area (Å²) in [4.78, 5) is 4.58. The molecule has 3 aromatic rings. The van der Waals surface area contributed by atoms with Crippen molar-refractivity contribution in [2.24, 2.45) is 0 Å². The number of hydrogen-bond donors (Lipinski definition) is 1. The molecule has 0 bridgehead atoms. The van der Waals surface area contributed by atoms with Gasteiger partial charge in [0.05, 0.1) is 23.2 Å². The highest BCUT2D eigenvalue weighted by molar-refractivity contribution is 5.40. The summed E-state index contributed by atoms with van der Waals surface area (Å²) in [7, 11) is 2.05. The zero-order chi connectivity index (χ0) is 23.4. The average Bonchev–Trinajstić information content (AvgIpc) is 3.13. The second-order valence-electron chi connectivity index (χ2n) is 9.35. The molecule has 6 heteroatoms. The van der Waals surface area contributed by atoms with Crippen LogP contribution in [0.1, 0.15) is 47.8 Å². The first-order chi connectivity index (χ1) is 15.9. The molecular formula is C27H35FN4O. The normalized spacial score (nSPS) is 15.1. The Morgan fingerprint density at radius 1 is 1.12 bits per heavy atom. The van der Waals surface area contributed by atoms with E-state index in [0.29, 0.717) is 13.1 Å². The van der Waals surface area contributed by atoms with Crippen LogP contribution in [-0.2, 0) is 26.1 Å². The van der Waals surface area contributed by atoms with E-state index >= 15 is 0 Å². The van der Waals surface area contributed by atoms with E-state index in [1.165, 1.54) is 29.0 Å². The number of likely N-dealkylation sites (N-methyl/N-ethyl adjacent to an activating group) is 1. The van der Waals surface area contributed by atoms with Crippen LogP contribution in [-0.4, -0.2) is 50.9 Å². The van der Waals surface area contributed by atoms with Gasteiger partial charge in [-0.2, -0.15) is 5.10 Å². The molecule has 0 amide bonds. The lowest BCUT2D eigenvalue weighted by atomic mass is 10.0. The third-order valence-electron chi connectivity index (χ3n) is 6.38. The molecule has 1 aromatic heterocycles. The van der Waals surface area contributed by atoms with Crippen molar-refractivity contribution in [3.8, 4) is 5.69 Å². The molecule has 0 radical (unpaired) electrons. The fourth-order valence-electron chi connectivity index (χ4n) is 4.66. The second kappa shape index (κ2) is 10.6. The molecule has 0 unspecified atom stereocenters. The van der Waals surface area contributed by atoms with Crippen LogP contribution in [0.15, 0.2) is 48.5 Å². The molecule has 176 valence electrons. The number of aryl methyl sites for hydroxylation is 1. The summed E-state index contributed by atoms with van der Waals surface area (Å²) in [6, 6.07) is 15.3. The Morgan fingerprint density at radius 3 is 2.55 bits per heavy atom. The fourth-order valence-corrected chi connectivity index (χ4v) is 4.66. The van der Waals surface area contributed by atoms with E-state index in [1.807, 2.05) is 12.1 Å². The van der Waals surface area contributed by atoms with Gasteiger partial charge in [0.25, 0.3) is 0 Å². The van der Waals surface area contributed by atoms with Crippen molar-refractivity contribution in [3.63, 3.8) is 0 Å². The summed E-state index contributed by atoms with van der Waals surface area (Å²) in [5, 5.41) is 15.3. The largest absolute Gasteiger partial charge is 0.392 e. The smallest absolute Gasteiger partial charge is 0.123 e. The zero-order valence-electron chi connectivity index (χ0n) is 20.0. The summed E-state index contributed by atoms with van der Waals surface area (Å²) in [5.41, 5.74) is 7.05. The molecule has 33 heavy (non-hydrogen) atoms. The molecule has 0 aliphatic carbocycles. The van der Waals surface area contributed by atoms with Gasteiger partial charge in [-0.25, -0.2) is 9.07 Å². The van der Waals surface area contributed by atoms with Crippen molar-refractivity contribution >= 4 is 0 Å². The van der Waals surface area contributed by atoms with Crippen molar-refractivity contribution in [1.82, 2.24) is 19.6 Å². The summed E-state index contributed by atoms with van der Waals surface area (Å²) in [5.74, 6) is -0.199. The van der Waals surface area contributed by atoms with Crippen LogP contribution in [0, 0.1) is 12.7 Å². The number of aromatic nitrogens is 2. The number of nitrogens with zero attached hydrogens (tertiary/aromatic N) is 4. The van der Waals surface area contributed by atoms with E-state index in [4.69, 9.17) is 5.10 Å². The van der Waals surface area contributed by atoms with E-state index in [-0.39, 0.29) is 11.9 Å². The highest BCUT2D eigenvalue weighted by Crippen LogP contribution is 2.27. The summed E-state index contributed by atoms with van der Waals surface area (Å²) in [6.07, 6.45) is 2.39. The van der Waals surface area contributed by atoms with E-state index < -0.39 is 0 Å². The molecule has 1 aliphatic heterocycles. The van der Waals surface area contributed by atoms with Crippen LogP contribution in [0.3, 0.4) is 0 Å². The topological polar surface area (TPSA) is 44.5 Å². The third-order valence-corrected chi connectivity index (χ3v) is 6.38. The molecular weight excluding hydrogens is 415 g/mol. The van der Waals surface area contributed by atoms with Crippen LogP contribution < -0.4 is 0 Å². The van der Waals surface area contributed by atoms with Gasteiger partial charge in [-0.15, -0.1) is 0 Å². The van der Waals surface area contributed by atoms with E-state index in [2.05, 4.69) is 59.6 Å². The van der Waals surface area contributed by atoms with Gasteiger partial charge < -0.3 is 5.11 Å². The lowest BCUT2D eigenvalue weighted by molar-refractivity contribution is 0.113. The van der Waals surface area contributed by atoms with Crippen LogP contribution >= 0.6 is 0 Å². The lowest BCUT2D eigenvalue weighted by Crippen LogP contribution is -2.32. The van der Waals surface area contributed by atoms with Crippen LogP contribution in [0.5, 0.6) is 0 Å². The Labute approximate surface area is 196 Å². The highest BCUT2D eigenvalue weighted by Gasteiger charge is 2.26. The Bertz CT molecular complexity index is 1050. The SMILES string of the molecule is CCC[C@@H](O)CN(C)Cc1nn(-c2ccc(C)cc2)c2c1CN(Cc1ccc(F)cc1)CC2. The summed E-state index contributed by atoms with van der Waals surface area (Å²) in [6.45, 7) is 8.08. The van der Waals surface area contributed by atoms with E-state index in [9.17, 15) is 9.50 Å². The predicted octanol–water partition coefficient (Wildman–Crippen LogP) is 4.47.